The van der Waals surface area contributed by atoms with E-state index in [1.54, 1.807) is 20.8 Å². The summed E-state index contributed by atoms with van der Waals surface area (Å²) in [6.45, 7) is 11.6. The summed E-state index contributed by atoms with van der Waals surface area (Å²) in [5.74, 6) is 2.09. The van der Waals surface area contributed by atoms with Gasteiger partial charge in [-0.05, 0) is 27.2 Å². The summed E-state index contributed by atoms with van der Waals surface area (Å²) in [4.78, 5) is 22.1. The van der Waals surface area contributed by atoms with E-state index in [0.717, 1.165) is 0 Å². The van der Waals surface area contributed by atoms with Gasteiger partial charge in [-0.3, -0.25) is 4.79 Å². The largest absolute Gasteiger partial charge is 0.481 e. The molecule has 22 heavy (non-hydrogen) atoms. The zero-order valence-corrected chi connectivity index (χ0v) is 15.2. The summed E-state index contributed by atoms with van der Waals surface area (Å²) >= 11 is 0. The average molecular weight is 326 g/mol. The van der Waals surface area contributed by atoms with Crippen molar-refractivity contribution in [2.24, 2.45) is 5.10 Å². The van der Waals surface area contributed by atoms with Crippen molar-refractivity contribution in [1.82, 2.24) is 5.43 Å². The van der Waals surface area contributed by atoms with Crippen molar-refractivity contribution in [2.75, 3.05) is 0 Å². The van der Waals surface area contributed by atoms with Gasteiger partial charge < -0.3 is 9.84 Å². The Morgan fingerprint density at radius 3 is 2.27 bits per heavy atom. The molecule has 0 aromatic heterocycles. The third-order valence-corrected chi connectivity index (χ3v) is 2.94. The van der Waals surface area contributed by atoms with E-state index >= 15 is 0 Å². The lowest BCUT2D eigenvalue weighted by Gasteiger charge is -2.18. The second-order valence-corrected chi connectivity index (χ2v) is 11.7. The minimum atomic E-state index is -1.58. The van der Waals surface area contributed by atoms with Crippen LogP contribution in [0.5, 0.6) is 0 Å². The van der Waals surface area contributed by atoms with Gasteiger partial charge in [-0.15, -0.1) is 5.54 Å². The van der Waals surface area contributed by atoms with Crippen molar-refractivity contribution in [3.05, 3.63) is 0 Å². The molecule has 0 aliphatic carbocycles. The number of carboxylic acids is 1. The predicted octanol–water partition coefficient (Wildman–Crippen LogP) is 3.00. The van der Waals surface area contributed by atoms with Crippen LogP contribution in [0.15, 0.2) is 5.10 Å². The van der Waals surface area contributed by atoms with Crippen LogP contribution in [0.2, 0.25) is 19.6 Å². The number of ether oxygens (including phenoxy) is 1. The molecule has 0 heterocycles. The number of rotatable bonds is 5. The van der Waals surface area contributed by atoms with Crippen LogP contribution in [-0.2, 0) is 9.53 Å². The fourth-order valence-corrected chi connectivity index (χ4v) is 1.75. The fourth-order valence-electron chi connectivity index (χ4n) is 1.23. The second-order valence-electron chi connectivity index (χ2n) is 6.92. The molecular weight excluding hydrogens is 300 g/mol. The van der Waals surface area contributed by atoms with Gasteiger partial charge in [-0.1, -0.05) is 25.6 Å². The number of amides is 1. The van der Waals surface area contributed by atoms with Crippen LogP contribution in [0.4, 0.5) is 4.79 Å². The molecule has 124 valence electrons. The lowest BCUT2D eigenvalue weighted by atomic mass is 10.2. The summed E-state index contributed by atoms with van der Waals surface area (Å²) in [5.41, 5.74) is 5.32. The molecule has 0 aromatic carbocycles. The van der Waals surface area contributed by atoms with Crippen molar-refractivity contribution < 1.29 is 19.4 Å². The second kappa shape index (κ2) is 8.59. The lowest BCUT2D eigenvalue weighted by molar-refractivity contribution is -0.137. The molecule has 0 atom stereocenters. The number of hydrogen-bond acceptors (Lipinski definition) is 4. The highest BCUT2D eigenvalue weighted by Crippen LogP contribution is 2.06. The first kappa shape index (κ1) is 20.2. The molecule has 0 bridgehead atoms. The van der Waals surface area contributed by atoms with E-state index in [2.05, 4.69) is 41.6 Å². The van der Waals surface area contributed by atoms with Gasteiger partial charge in [0.05, 0.1) is 0 Å². The van der Waals surface area contributed by atoms with Crippen LogP contribution in [0.25, 0.3) is 0 Å². The van der Waals surface area contributed by atoms with Crippen molar-refractivity contribution in [1.29, 1.82) is 0 Å². The van der Waals surface area contributed by atoms with E-state index in [-0.39, 0.29) is 6.42 Å². The third-order valence-electron chi connectivity index (χ3n) is 2.07. The van der Waals surface area contributed by atoms with E-state index in [4.69, 9.17) is 9.84 Å². The molecule has 7 heteroatoms. The Bertz CT molecular complexity index is 490. The maximum atomic E-state index is 11.6. The van der Waals surface area contributed by atoms with Crippen LogP contribution in [-0.4, -0.2) is 36.6 Å². The van der Waals surface area contributed by atoms with Gasteiger partial charge in [0.15, 0.2) is 0 Å². The smallest absolute Gasteiger partial charge is 0.428 e. The summed E-state index contributed by atoms with van der Waals surface area (Å²) in [6.07, 6.45) is 0.211. The number of carboxylic acid groups (broad SMARTS) is 1. The lowest BCUT2D eigenvalue weighted by Crippen LogP contribution is -2.30. The maximum absolute atomic E-state index is 11.6. The zero-order valence-electron chi connectivity index (χ0n) is 14.2. The Morgan fingerprint density at radius 2 is 1.82 bits per heavy atom. The third kappa shape index (κ3) is 13.2. The topological polar surface area (TPSA) is 88.0 Å². The van der Waals surface area contributed by atoms with E-state index < -0.39 is 25.7 Å². The van der Waals surface area contributed by atoms with Crippen molar-refractivity contribution in [3.63, 3.8) is 0 Å². The minimum absolute atomic E-state index is 0.0417. The molecule has 0 radical (unpaired) electrons. The predicted molar refractivity (Wildman–Crippen MR) is 89.4 cm³/mol. The van der Waals surface area contributed by atoms with E-state index in [9.17, 15) is 9.59 Å². The molecular formula is C15H26N2O4Si. The summed E-state index contributed by atoms with van der Waals surface area (Å²) < 4.78 is 5.09. The number of nitrogens with zero attached hydrogens (tertiary/aromatic N) is 1. The van der Waals surface area contributed by atoms with Gasteiger partial charge in [0.25, 0.3) is 0 Å². The molecule has 0 aromatic rings. The van der Waals surface area contributed by atoms with Crippen LogP contribution in [0.1, 0.15) is 40.0 Å². The number of hydrazone groups is 1. The first-order valence-electron chi connectivity index (χ1n) is 7.19. The molecule has 0 rings (SSSR count). The number of nitrogens with one attached hydrogen (secondary N) is 1. The molecule has 0 fully saturated rings. The molecule has 0 spiro atoms. The van der Waals surface area contributed by atoms with Gasteiger partial charge in [0, 0.05) is 12.8 Å². The van der Waals surface area contributed by atoms with Gasteiger partial charge in [-0.25, -0.2) is 10.2 Å². The quantitative estimate of drug-likeness (QED) is 0.352. The molecule has 0 saturated heterocycles. The van der Waals surface area contributed by atoms with E-state index in [1.165, 1.54) is 0 Å². The molecule has 1 amide bonds. The number of aliphatic carboxylic acids is 1. The Balaban J connectivity index is 4.81. The van der Waals surface area contributed by atoms with Crippen LogP contribution >= 0.6 is 0 Å². The Labute approximate surface area is 133 Å². The molecule has 0 aliphatic heterocycles. The highest BCUT2D eigenvalue weighted by molar-refractivity contribution is 6.84. The summed E-state index contributed by atoms with van der Waals surface area (Å²) in [6, 6.07) is 0. The average Bonchev–Trinajstić information content (AvgIpc) is 2.28. The molecule has 6 nitrogen and oxygen atoms in total. The van der Waals surface area contributed by atoms with Gasteiger partial charge in [0.1, 0.15) is 19.4 Å². The molecule has 0 saturated carbocycles. The monoisotopic (exact) mass is 326 g/mol. The minimum Gasteiger partial charge on any atom is -0.481 e. The highest BCUT2D eigenvalue weighted by Gasteiger charge is 2.15. The van der Waals surface area contributed by atoms with Crippen molar-refractivity contribution in [3.8, 4) is 11.5 Å². The van der Waals surface area contributed by atoms with Gasteiger partial charge in [0.2, 0.25) is 0 Å². The van der Waals surface area contributed by atoms with E-state index in [0.29, 0.717) is 18.6 Å². The molecule has 0 aliphatic rings. The standard InChI is InChI=1S/C15H26N2O4Si/c1-15(2,3)21-14(20)17-16-12(8-7-9-13(18)19)10-11-22(4,5)6/h7-9H2,1-6H3,(H,17,20)(H,18,19)/b16-12+. The molecule has 0 unspecified atom stereocenters. The van der Waals surface area contributed by atoms with E-state index in [1.807, 2.05) is 0 Å². The SMILES string of the molecule is CC(C)(C)OC(=O)N/N=C(/C#C[Si](C)(C)C)CCCC(=O)O. The Morgan fingerprint density at radius 1 is 1.23 bits per heavy atom. The van der Waals surface area contributed by atoms with Gasteiger partial charge >= 0.3 is 12.1 Å². The van der Waals surface area contributed by atoms with Gasteiger partial charge in [-0.2, -0.15) is 5.10 Å². The van der Waals surface area contributed by atoms with Crippen LogP contribution < -0.4 is 5.43 Å². The number of carbonyl (C=O) groups excluding carboxylic acids is 1. The summed E-state index contributed by atoms with van der Waals surface area (Å²) in [5, 5.41) is 12.6. The van der Waals surface area contributed by atoms with Crippen molar-refractivity contribution >= 4 is 25.8 Å². The fraction of sp³-hybridized carbons (Fsp3) is 0.667. The van der Waals surface area contributed by atoms with Crippen LogP contribution in [0, 0.1) is 11.5 Å². The Kier molecular flexibility index (Phi) is 7.88. The Hall–Kier alpha value is -1.81. The first-order chi connectivity index (χ1) is 9.89. The zero-order chi connectivity index (χ0) is 17.4. The molecule has 2 N–H and O–H groups in total. The number of hydrogen-bond donors (Lipinski definition) is 2. The maximum Gasteiger partial charge on any atom is 0.428 e. The van der Waals surface area contributed by atoms with Crippen molar-refractivity contribution in [2.45, 2.75) is 65.3 Å². The first-order valence-corrected chi connectivity index (χ1v) is 10.7. The highest BCUT2D eigenvalue weighted by atomic mass is 28.3. The number of carbonyl (C=O) groups is 2. The van der Waals surface area contributed by atoms with Crippen LogP contribution in [0.3, 0.4) is 0 Å². The summed E-state index contributed by atoms with van der Waals surface area (Å²) in [7, 11) is -1.58. The normalized spacial score (nSPS) is 12.2.